The molecule has 0 aromatic heterocycles. The fourth-order valence-corrected chi connectivity index (χ4v) is 3.25. The summed E-state index contributed by atoms with van der Waals surface area (Å²) in [5.41, 5.74) is 1.80. The Kier molecular flexibility index (Phi) is 7.17. The molecule has 0 saturated carbocycles. The number of carbonyl (C=O) groups excluding carboxylic acids is 2. The van der Waals surface area contributed by atoms with Gasteiger partial charge in [0.05, 0.1) is 14.2 Å². The van der Waals surface area contributed by atoms with Gasteiger partial charge in [-0.15, -0.1) is 0 Å². The van der Waals surface area contributed by atoms with Gasteiger partial charge in [0.25, 0.3) is 5.91 Å². The van der Waals surface area contributed by atoms with Gasteiger partial charge in [-0.2, -0.15) is 0 Å². The first kappa shape index (κ1) is 19.9. The third kappa shape index (κ3) is 5.06. The van der Waals surface area contributed by atoms with E-state index < -0.39 is 12.1 Å². The minimum Gasteiger partial charge on any atom is -0.496 e. The minimum absolute atomic E-state index is 0.359. The van der Waals surface area contributed by atoms with Gasteiger partial charge in [0, 0.05) is 22.6 Å². The molecule has 6 nitrogen and oxygen atoms in total. The van der Waals surface area contributed by atoms with Gasteiger partial charge in [-0.05, 0) is 18.2 Å². The van der Waals surface area contributed by atoms with Crippen molar-refractivity contribution in [2.75, 3.05) is 21.2 Å². The van der Waals surface area contributed by atoms with Gasteiger partial charge in [-0.3, -0.25) is 10.1 Å². The van der Waals surface area contributed by atoms with Crippen LogP contribution in [0.1, 0.15) is 17.2 Å². The third-order valence-electron chi connectivity index (χ3n) is 4.06. The minimum atomic E-state index is -0.544. The van der Waals surface area contributed by atoms with E-state index in [1.807, 2.05) is 55.6 Å². The van der Waals surface area contributed by atoms with Crippen molar-refractivity contribution >= 4 is 27.9 Å². The molecule has 2 atom stereocenters. The van der Waals surface area contributed by atoms with Crippen LogP contribution in [0.3, 0.4) is 0 Å². The summed E-state index contributed by atoms with van der Waals surface area (Å²) in [6.07, 6.45) is 0. The Bertz CT molecular complexity index is 768. The van der Waals surface area contributed by atoms with Crippen molar-refractivity contribution in [3.63, 3.8) is 0 Å². The molecule has 0 fully saturated rings. The number of nitrogens with one attached hydrogen (secondary N) is 3. The monoisotopic (exact) mass is 420 g/mol. The molecule has 0 saturated heterocycles. The van der Waals surface area contributed by atoms with Crippen molar-refractivity contribution in [3.05, 3.63) is 64.1 Å². The molecule has 2 aromatic carbocycles. The topological polar surface area (TPSA) is 71.9 Å². The number of benzene rings is 2. The maximum atomic E-state index is 12.7. The van der Waals surface area contributed by atoms with Crippen LogP contribution in [-0.2, 0) is 11.3 Å². The number of carbonyl (C=O) groups is 2. The Balaban J connectivity index is 2.31. The van der Waals surface area contributed by atoms with Gasteiger partial charge in [0.2, 0.25) is 0 Å². The fourth-order valence-electron chi connectivity index (χ4n) is 2.84. The number of quaternary nitrogens is 1. The molecule has 3 amide bonds. The molecular formula is C19H23BrN3O3+. The van der Waals surface area contributed by atoms with Crippen LogP contribution in [-0.4, -0.2) is 33.1 Å². The lowest BCUT2D eigenvalue weighted by molar-refractivity contribution is -0.916. The SMILES string of the molecule is CNC(=O)NC(=O)[C@@H](c1ccccc1)[NH+](C)Cc1cc(Br)ccc1OC. The van der Waals surface area contributed by atoms with E-state index in [0.29, 0.717) is 6.54 Å². The molecule has 0 bridgehead atoms. The summed E-state index contributed by atoms with van der Waals surface area (Å²) in [7, 11) is 5.01. The Hall–Kier alpha value is -2.38. The molecular weight excluding hydrogens is 398 g/mol. The normalized spacial score (nSPS) is 12.8. The summed E-state index contributed by atoms with van der Waals surface area (Å²) in [5.74, 6) is 0.396. The maximum absolute atomic E-state index is 12.7. The number of likely N-dealkylation sites (N-methyl/N-ethyl adjacent to an activating group) is 1. The number of imide groups is 1. The van der Waals surface area contributed by atoms with E-state index in [4.69, 9.17) is 4.74 Å². The highest BCUT2D eigenvalue weighted by Crippen LogP contribution is 2.22. The number of rotatable bonds is 6. The Morgan fingerprint density at radius 2 is 1.88 bits per heavy atom. The van der Waals surface area contributed by atoms with E-state index in [0.717, 1.165) is 26.2 Å². The lowest BCUT2D eigenvalue weighted by atomic mass is 10.0. The van der Waals surface area contributed by atoms with E-state index >= 15 is 0 Å². The number of amides is 3. The smallest absolute Gasteiger partial charge is 0.321 e. The standard InChI is InChI=1S/C19H22BrN3O3/c1-21-19(25)22-18(24)17(13-7-5-4-6-8-13)23(2)12-14-11-15(20)9-10-16(14)26-3/h4-11,17H,12H2,1-3H3,(H2,21,22,24,25)/p+1/t17-/m1/s1. The molecule has 0 heterocycles. The van der Waals surface area contributed by atoms with E-state index in [2.05, 4.69) is 26.6 Å². The van der Waals surface area contributed by atoms with Crippen molar-refractivity contribution in [1.82, 2.24) is 10.6 Å². The first-order valence-electron chi connectivity index (χ1n) is 8.18. The second-order valence-electron chi connectivity index (χ2n) is 5.89. The molecule has 1 unspecified atom stereocenters. The second-order valence-corrected chi connectivity index (χ2v) is 6.81. The van der Waals surface area contributed by atoms with Crippen LogP contribution in [0.2, 0.25) is 0 Å². The first-order valence-corrected chi connectivity index (χ1v) is 8.97. The maximum Gasteiger partial charge on any atom is 0.321 e. The number of urea groups is 1. The van der Waals surface area contributed by atoms with Crippen LogP contribution in [0.25, 0.3) is 0 Å². The number of hydrogen-bond donors (Lipinski definition) is 3. The Morgan fingerprint density at radius 1 is 1.19 bits per heavy atom. The zero-order chi connectivity index (χ0) is 19.1. The number of methoxy groups -OCH3 is 1. The van der Waals surface area contributed by atoms with Gasteiger partial charge in [-0.1, -0.05) is 46.3 Å². The van der Waals surface area contributed by atoms with E-state index in [1.54, 1.807) is 7.11 Å². The molecule has 7 heteroatoms. The molecule has 2 aromatic rings. The van der Waals surface area contributed by atoms with Crippen molar-refractivity contribution < 1.29 is 19.2 Å². The van der Waals surface area contributed by atoms with Gasteiger partial charge in [0.15, 0.2) is 6.04 Å². The number of halogens is 1. The third-order valence-corrected chi connectivity index (χ3v) is 4.56. The highest BCUT2D eigenvalue weighted by molar-refractivity contribution is 9.10. The molecule has 0 spiro atoms. The van der Waals surface area contributed by atoms with Crippen LogP contribution < -0.4 is 20.3 Å². The van der Waals surface area contributed by atoms with Crippen LogP contribution in [0, 0.1) is 0 Å². The molecule has 0 aliphatic carbocycles. The van der Waals surface area contributed by atoms with Crippen LogP contribution in [0.4, 0.5) is 4.79 Å². The average Bonchev–Trinajstić information content (AvgIpc) is 2.62. The molecule has 0 aliphatic rings. The van der Waals surface area contributed by atoms with Crippen molar-refractivity contribution in [2.45, 2.75) is 12.6 Å². The van der Waals surface area contributed by atoms with E-state index in [-0.39, 0.29) is 5.91 Å². The molecule has 0 radical (unpaired) electrons. The summed E-state index contributed by atoms with van der Waals surface area (Å²) >= 11 is 3.47. The predicted octanol–water partition coefficient (Wildman–Crippen LogP) is 1.67. The molecule has 2 rings (SSSR count). The average molecular weight is 421 g/mol. The van der Waals surface area contributed by atoms with Crippen LogP contribution in [0.5, 0.6) is 5.75 Å². The first-order chi connectivity index (χ1) is 12.5. The molecule has 0 aliphatic heterocycles. The largest absolute Gasteiger partial charge is 0.496 e. The van der Waals surface area contributed by atoms with Crippen molar-refractivity contribution in [2.24, 2.45) is 0 Å². The van der Waals surface area contributed by atoms with Gasteiger partial charge in [-0.25, -0.2) is 4.79 Å². The van der Waals surface area contributed by atoms with E-state index in [1.165, 1.54) is 7.05 Å². The number of hydrogen-bond acceptors (Lipinski definition) is 3. The molecule has 3 N–H and O–H groups in total. The van der Waals surface area contributed by atoms with Crippen LogP contribution in [0.15, 0.2) is 53.0 Å². The quantitative estimate of drug-likeness (QED) is 0.665. The van der Waals surface area contributed by atoms with E-state index in [9.17, 15) is 9.59 Å². The summed E-state index contributed by atoms with van der Waals surface area (Å²) in [5, 5.41) is 4.79. The van der Waals surface area contributed by atoms with Crippen LogP contribution >= 0.6 is 15.9 Å². The molecule has 26 heavy (non-hydrogen) atoms. The highest BCUT2D eigenvalue weighted by Gasteiger charge is 2.30. The van der Waals surface area contributed by atoms with Crippen molar-refractivity contribution in [1.29, 1.82) is 0 Å². The Labute approximate surface area is 161 Å². The zero-order valence-corrected chi connectivity index (χ0v) is 16.6. The highest BCUT2D eigenvalue weighted by atomic mass is 79.9. The zero-order valence-electron chi connectivity index (χ0n) is 15.0. The molecule has 138 valence electrons. The van der Waals surface area contributed by atoms with Gasteiger partial charge in [0.1, 0.15) is 12.3 Å². The fraction of sp³-hybridized carbons (Fsp3) is 0.263. The van der Waals surface area contributed by atoms with Gasteiger partial charge >= 0.3 is 6.03 Å². The lowest BCUT2D eigenvalue weighted by Gasteiger charge is -2.25. The van der Waals surface area contributed by atoms with Gasteiger partial charge < -0.3 is 15.0 Å². The Morgan fingerprint density at radius 3 is 2.50 bits per heavy atom. The second kappa shape index (κ2) is 9.35. The predicted molar refractivity (Wildman–Crippen MR) is 103 cm³/mol. The summed E-state index contributed by atoms with van der Waals surface area (Å²) < 4.78 is 6.37. The summed E-state index contributed by atoms with van der Waals surface area (Å²) in [6, 6.07) is 14.1. The lowest BCUT2D eigenvalue weighted by Crippen LogP contribution is -3.09. The van der Waals surface area contributed by atoms with Crippen molar-refractivity contribution in [3.8, 4) is 5.75 Å². The summed E-state index contributed by atoms with van der Waals surface area (Å²) in [4.78, 5) is 25.2. The summed E-state index contributed by atoms with van der Waals surface area (Å²) in [6.45, 7) is 0.545. The number of ether oxygens (including phenoxy) is 1.